The van der Waals surface area contributed by atoms with Crippen LogP contribution in [0.15, 0.2) is 48.5 Å². The lowest BCUT2D eigenvalue weighted by Gasteiger charge is -2.29. The number of rotatable bonds is 3. The number of hydrogen-bond acceptors (Lipinski definition) is 2. The summed E-state index contributed by atoms with van der Waals surface area (Å²) in [5.41, 5.74) is 2.17. The van der Waals surface area contributed by atoms with Crippen LogP contribution >= 0.6 is 0 Å². The van der Waals surface area contributed by atoms with Crippen LogP contribution in [0.1, 0.15) is 22.3 Å². The maximum atomic E-state index is 10.8. The molecule has 0 aliphatic rings. The Hall–Kier alpha value is -1.64. The Bertz CT molecular complexity index is 534. The van der Waals surface area contributed by atoms with Gasteiger partial charge in [-0.25, -0.2) is 0 Å². The number of aryl methyl sites for hydroxylation is 2. The highest BCUT2D eigenvalue weighted by Gasteiger charge is 2.32. The van der Waals surface area contributed by atoms with E-state index in [0.29, 0.717) is 5.56 Å². The van der Waals surface area contributed by atoms with Crippen LogP contribution in [0.5, 0.6) is 0 Å². The van der Waals surface area contributed by atoms with Crippen molar-refractivity contribution in [2.75, 3.05) is 6.61 Å². The van der Waals surface area contributed by atoms with E-state index in [1.165, 1.54) is 0 Å². The zero-order chi connectivity index (χ0) is 13.2. The van der Waals surface area contributed by atoms with E-state index in [1.807, 2.05) is 62.4 Å². The summed E-state index contributed by atoms with van der Waals surface area (Å²) >= 11 is 0. The lowest BCUT2D eigenvalue weighted by molar-refractivity contribution is 0.0167. The Morgan fingerprint density at radius 3 is 2.28 bits per heavy atom. The molecule has 2 heteroatoms. The second-order valence-corrected chi connectivity index (χ2v) is 4.70. The topological polar surface area (TPSA) is 40.5 Å². The molecule has 18 heavy (non-hydrogen) atoms. The third-order valence-electron chi connectivity index (χ3n) is 3.32. The van der Waals surface area contributed by atoms with Gasteiger partial charge in [0.15, 0.2) is 0 Å². The standard InChI is InChI=1S/C16H18O2/c1-12-8-9-13(2)15(10-12)16(18,11-17)14-6-4-3-5-7-14/h3-10,17-18H,11H2,1-2H3. The number of benzene rings is 2. The van der Waals surface area contributed by atoms with Gasteiger partial charge in [-0.2, -0.15) is 0 Å². The van der Waals surface area contributed by atoms with Crippen molar-refractivity contribution in [2.24, 2.45) is 0 Å². The van der Waals surface area contributed by atoms with E-state index >= 15 is 0 Å². The summed E-state index contributed by atoms with van der Waals surface area (Å²) < 4.78 is 0. The molecule has 0 heterocycles. The van der Waals surface area contributed by atoms with E-state index in [1.54, 1.807) is 0 Å². The molecule has 0 saturated heterocycles. The highest BCUT2D eigenvalue weighted by molar-refractivity contribution is 5.42. The Balaban J connectivity index is 2.60. The van der Waals surface area contributed by atoms with Crippen LogP contribution in [-0.2, 0) is 5.60 Å². The molecule has 2 rings (SSSR count). The van der Waals surface area contributed by atoms with Gasteiger partial charge in [-0.05, 0) is 30.5 Å². The monoisotopic (exact) mass is 242 g/mol. The average Bonchev–Trinajstić information content (AvgIpc) is 2.41. The van der Waals surface area contributed by atoms with Crippen LogP contribution in [-0.4, -0.2) is 16.8 Å². The van der Waals surface area contributed by atoms with Crippen LogP contribution < -0.4 is 0 Å². The third-order valence-corrected chi connectivity index (χ3v) is 3.32. The fourth-order valence-electron chi connectivity index (χ4n) is 2.23. The van der Waals surface area contributed by atoms with Gasteiger partial charge in [0, 0.05) is 0 Å². The first-order valence-corrected chi connectivity index (χ1v) is 6.04. The maximum Gasteiger partial charge on any atom is 0.138 e. The fraction of sp³-hybridized carbons (Fsp3) is 0.250. The first kappa shape index (κ1) is 12.8. The maximum absolute atomic E-state index is 10.8. The van der Waals surface area contributed by atoms with Gasteiger partial charge >= 0.3 is 0 Å². The molecule has 0 fully saturated rings. The fourth-order valence-corrected chi connectivity index (χ4v) is 2.23. The molecule has 1 atom stereocenters. The minimum atomic E-state index is -1.34. The first-order valence-electron chi connectivity index (χ1n) is 6.04. The predicted molar refractivity (Wildman–Crippen MR) is 72.4 cm³/mol. The molecule has 0 aliphatic heterocycles. The second kappa shape index (κ2) is 4.92. The molecule has 0 spiro atoms. The Labute approximate surface area is 108 Å². The SMILES string of the molecule is Cc1ccc(C)c(C(O)(CO)c2ccccc2)c1. The third kappa shape index (κ3) is 2.17. The van der Waals surface area contributed by atoms with Crippen LogP contribution in [0.25, 0.3) is 0 Å². The molecule has 1 unspecified atom stereocenters. The van der Waals surface area contributed by atoms with Crippen molar-refractivity contribution < 1.29 is 10.2 Å². The molecule has 0 saturated carbocycles. The van der Waals surface area contributed by atoms with Gasteiger partial charge in [0.25, 0.3) is 0 Å². The van der Waals surface area contributed by atoms with Gasteiger partial charge in [-0.15, -0.1) is 0 Å². The van der Waals surface area contributed by atoms with Crippen LogP contribution in [0.2, 0.25) is 0 Å². The van der Waals surface area contributed by atoms with Crippen LogP contribution in [0.3, 0.4) is 0 Å². The largest absolute Gasteiger partial charge is 0.393 e. The van der Waals surface area contributed by atoms with Crippen LogP contribution in [0, 0.1) is 13.8 Å². The van der Waals surface area contributed by atoms with E-state index in [9.17, 15) is 10.2 Å². The summed E-state index contributed by atoms with van der Waals surface area (Å²) in [4.78, 5) is 0. The van der Waals surface area contributed by atoms with Crippen molar-refractivity contribution in [3.05, 3.63) is 70.8 Å². The van der Waals surface area contributed by atoms with Gasteiger partial charge in [-0.3, -0.25) is 0 Å². The molecular formula is C16H18O2. The summed E-state index contributed by atoms with van der Waals surface area (Å²) in [7, 11) is 0. The zero-order valence-corrected chi connectivity index (χ0v) is 10.7. The smallest absolute Gasteiger partial charge is 0.138 e. The first-order chi connectivity index (χ1) is 8.58. The van der Waals surface area contributed by atoms with Gasteiger partial charge in [0.1, 0.15) is 5.60 Å². The molecule has 2 aromatic carbocycles. The summed E-state index contributed by atoms with van der Waals surface area (Å²) in [6.07, 6.45) is 0. The minimum absolute atomic E-state index is 0.332. The Morgan fingerprint density at radius 2 is 1.67 bits per heavy atom. The molecule has 2 nitrogen and oxygen atoms in total. The van der Waals surface area contributed by atoms with Crippen molar-refractivity contribution in [2.45, 2.75) is 19.4 Å². The lowest BCUT2D eigenvalue weighted by atomic mass is 9.84. The number of aliphatic hydroxyl groups is 2. The average molecular weight is 242 g/mol. The van der Waals surface area contributed by atoms with Crippen molar-refractivity contribution >= 4 is 0 Å². The normalized spacial score (nSPS) is 14.2. The predicted octanol–water partition coefficient (Wildman–Crippen LogP) is 2.53. The summed E-state index contributed by atoms with van der Waals surface area (Å²) in [6, 6.07) is 15.2. The van der Waals surface area contributed by atoms with E-state index in [-0.39, 0.29) is 6.61 Å². The van der Waals surface area contributed by atoms with Crippen LogP contribution in [0.4, 0.5) is 0 Å². The van der Waals surface area contributed by atoms with Gasteiger partial charge < -0.3 is 10.2 Å². The quantitative estimate of drug-likeness (QED) is 0.868. The molecule has 0 aromatic heterocycles. The summed E-state index contributed by atoms with van der Waals surface area (Å²) in [5.74, 6) is 0. The molecule has 0 bridgehead atoms. The highest BCUT2D eigenvalue weighted by Crippen LogP contribution is 2.31. The van der Waals surface area contributed by atoms with Crippen molar-refractivity contribution in [3.63, 3.8) is 0 Å². The van der Waals surface area contributed by atoms with E-state index < -0.39 is 5.60 Å². The number of hydrogen-bond donors (Lipinski definition) is 2. The molecule has 0 aliphatic carbocycles. The highest BCUT2D eigenvalue weighted by atomic mass is 16.3. The molecule has 2 N–H and O–H groups in total. The summed E-state index contributed by atoms with van der Waals surface area (Å²) in [5, 5.41) is 20.5. The summed E-state index contributed by atoms with van der Waals surface area (Å²) in [6.45, 7) is 3.59. The Kier molecular flexibility index (Phi) is 3.50. The Morgan fingerprint density at radius 1 is 1.00 bits per heavy atom. The lowest BCUT2D eigenvalue weighted by Crippen LogP contribution is -2.32. The van der Waals surface area contributed by atoms with E-state index in [4.69, 9.17) is 0 Å². The van der Waals surface area contributed by atoms with Crippen molar-refractivity contribution in [1.82, 2.24) is 0 Å². The molecular weight excluding hydrogens is 224 g/mol. The van der Waals surface area contributed by atoms with Crippen molar-refractivity contribution in [3.8, 4) is 0 Å². The molecule has 2 aromatic rings. The second-order valence-electron chi connectivity index (χ2n) is 4.70. The number of aliphatic hydroxyl groups excluding tert-OH is 1. The van der Waals surface area contributed by atoms with Crippen molar-refractivity contribution in [1.29, 1.82) is 0 Å². The minimum Gasteiger partial charge on any atom is -0.393 e. The van der Waals surface area contributed by atoms with Gasteiger partial charge in [-0.1, -0.05) is 54.1 Å². The van der Waals surface area contributed by atoms with E-state index in [2.05, 4.69) is 0 Å². The zero-order valence-electron chi connectivity index (χ0n) is 10.7. The molecule has 94 valence electrons. The van der Waals surface area contributed by atoms with E-state index in [0.717, 1.165) is 16.7 Å². The van der Waals surface area contributed by atoms with Gasteiger partial charge in [0.05, 0.1) is 6.61 Å². The van der Waals surface area contributed by atoms with Gasteiger partial charge in [0.2, 0.25) is 0 Å². The molecule has 0 amide bonds. The molecule has 0 radical (unpaired) electrons.